The maximum Gasteiger partial charge on any atom is 0.231 e. The smallest absolute Gasteiger partial charge is 0.231 e. The van der Waals surface area contributed by atoms with Crippen molar-refractivity contribution in [1.29, 1.82) is 0 Å². The molecule has 1 aliphatic rings. The molecule has 1 aliphatic heterocycles. The highest BCUT2D eigenvalue weighted by Crippen LogP contribution is 2.23. The second kappa shape index (κ2) is 8.16. The molecule has 2 aromatic heterocycles. The molecule has 1 saturated heterocycles. The minimum absolute atomic E-state index is 0.115. The Labute approximate surface area is 170 Å². The van der Waals surface area contributed by atoms with Crippen molar-refractivity contribution in [3.63, 3.8) is 0 Å². The second-order valence-electron chi connectivity index (χ2n) is 7.56. The molecule has 1 aromatic carbocycles. The number of hydrogen-bond acceptors (Lipinski definition) is 5. The van der Waals surface area contributed by atoms with Crippen molar-refractivity contribution in [2.75, 3.05) is 18.4 Å². The molecule has 3 aromatic rings. The van der Waals surface area contributed by atoms with Gasteiger partial charge in [0.2, 0.25) is 11.9 Å². The Bertz CT molecular complexity index is 1000. The molecule has 0 radical (unpaired) electrons. The summed E-state index contributed by atoms with van der Waals surface area (Å²) in [5.74, 6) is 1.54. The number of benzene rings is 1. The van der Waals surface area contributed by atoms with Gasteiger partial charge in [-0.25, -0.2) is 9.36 Å². The van der Waals surface area contributed by atoms with Crippen molar-refractivity contribution >= 4 is 11.9 Å². The minimum Gasteiger partial charge on any atom is -0.317 e. The fraction of sp³-hybridized carbons (Fsp3) is 0.429. The SMILES string of the molecule is Cc1nn(-c2ccccc2)c(C)c1CC(=O)Nc1nc(C2CCNCC2)nn1C. The first kappa shape index (κ1) is 19.3. The van der Waals surface area contributed by atoms with Gasteiger partial charge < -0.3 is 5.32 Å². The van der Waals surface area contributed by atoms with Crippen molar-refractivity contribution < 1.29 is 4.79 Å². The van der Waals surface area contributed by atoms with Crippen LogP contribution in [-0.4, -0.2) is 43.5 Å². The van der Waals surface area contributed by atoms with Crippen LogP contribution in [0.15, 0.2) is 30.3 Å². The standard InChI is InChI=1S/C21H27N7O/c1-14-18(15(2)28(25-14)17-7-5-4-6-8-17)13-19(29)23-21-24-20(26-27(21)3)16-9-11-22-12-10-16/h4-8,16,22H,9-13H2,1-3H3,(H,23,24,26,29). The molecule has 0 unspecified atom stereocenters. The quantitative estimate of drug-likeness (QED) is 0.694. The first-order chi connectivity index (χ1) is 14.0. The van der Waals surface area contributed by atoms with E-state index in [1.807, 2.05) is 55.9 Å². The van der Waals surface area contributed by atoms with E-state index >= 15 is 0 Å². The third kappa shape index (κ3) is 4.07. The molecule has 0 atom stereocenters. The Kier molecular flexibility index (Phi) is 5.44. The summed E-state index contributed by atoms with van der Waals surface area (Å²) in [6, 6.07) is 9.94. The number of piperidine rings is 1. The van der Waals surface area contributed by atoms with Crippen molar-refractivity contribution in [2.24, 2.45) is 7.05 Å². The maximum atomic E-state index is 12.7. The number of nitrogens with one attached hydrogen (secondary N) is 2. The predicted molar refractivity (Wildman–Crippen MR) is 111 cm³/mol. The summed E-state index contributed by atoms with van der Waals surface area (Å²) in [7, 11) is 1.82. The van der Waals surface area contributed by atoms with Crippen LogP contribution in [0.25, 0.3) is 5.69 Å². The molecule has 8 heteroatoms. The molecule has 1 fully saturated rings. The van der Waals surface area contributed by atoms with Crippen molar-refractivity contribution in [2.45, 2.75) is 39.0 Å². The average molecular weight is 393 g/mol. The number of aryl methyl sites for hydroxylation is 2. The zero-order valence-electron chi connectivity index (χ0n) is 17.1. The summed E-state index contributed by atoms with van der Waals surface area (Å²) in [6.07, 6.45) is 2.29. The monoisotopic (exact) mass is 393 g/mol. The van der Waals surface area contributed by atoms with Crippen LogP contribution in [0.3, 0.4) is 0 Å². The van der Waals surface area contributed by atoms with Crippen LogP contribution >= 0.6 is 0 Å². The van der Waals surface area contributed by atoms with Crippen LogP contribution in [0.2, 0.25) is 0 Å². The molecular formula is C21H27N7O. The molecule has 0 spiro atoms. The van der Waals surface area contributed by atoms with Crippen LogP contribution in [0, 0.1) is 13.8 Å². The molecule has 0 bridgehead atoms. The molecule has 0 aliphatic carbocycles. The lowest BCUT2D eigenvalue weighted by Crippen LogP contribution is -2.27. The number of anilines is 1. The number of para-hydroxylation sites is 1. The number of rotatable bonds is 5. The van der Waals surface area contributed by atoms with E-state index in [0.29, 0.717) is 11.9 Å². The summed E-state index contributed by atoms with van der Waals surface area (Å²) in [4.78, 5) is 17.3. The molecule has 29 heavy (non-hydrogen) atoms. The Morgan fingerprint density at radius 2 is 1.90 bits per heavy atom. The van der Waals surface area contributed by atoms with E-state index in [0.717, 1.165) is 54.4 Å². The second-order valence-corrected chi connectivity index (χ2v) is 7.56. The average Bonchev–Trinajstić information content (AvgIpc) is 3.23. The highest BCUT2D eigenvalue weighted by molar-refractivity contribution is 5.91. The first-order valence-electron chi connectivity index (χ1n) is 10.0. The van der Waals surface area contributed by atoms with E-state index in [4.69, 9.17) is 0 Å². The number of amides is 1. The van der Waals surface area contributed by atoms with Gasteiger partial charge in [0.15, 0.2) is 5.82 Å². The van der Waals surface area contributed by atoms with Gasteiger partial charge in [0, 0.05) is 24.2 Å². The molecule has 2 N–H and O–H groups in total. The van der Waals surface area contributed by atoms with Gasteiger partial charge in [-0.15, -0.1) is 0 Å². The number of carbonyl (C=O) groups is 1. The lowest BCUT2D eigenvalue weighted by molar-refractivity contribution is -0.115. The maximum absolute atomic E-state index is 12.7. The van der Waals surface area contributed by atoms with Crippen LogP contribution < -0.4 is 10.6 Å². The van der Waals surface area contributed by atoms with Crippen molar-refractivity contribution in [3.8, 4) is 5.69 Å². The molecule has 1 amide bonds. The Morgan fingerprint density at radius 3 is 2.62 bits per heavy atom. The van der Waals surface area contributed by atoms with Crippen LogP contribution in [0.5, 0.6) is 0 Å². The van der Waals surface area contributed by atoms with Crippen molar-refractivity contribution in [1.82, 2.24) is 29.9 Å². The first-order valence-corrected chi connectivity index (χ1v) is 10.0. The zero-order chi connectivity index (χ0) is 20.4. The molecule has 8 nitrogen and oxygen atoms in total. The van der Waals surface area contributed by atoms with Gasteiger partial charge >= 0.3 is 0 Å². The third-order valence-corrected chi connectivity index (χ3v) is 5.51. The fourth-order valence-corrected chi connectivity index (χ4v) is 3.85. The topological polar surface area (TPSA) is 89.7 Å². The highest BCUT2D eigenvalue weighted by Gasteiger charge is 2.22. The Morgan fingerprint density at radius 1 is 1.17 bits per heavy atom. The normalized spacial score (nSPS) is 14.9. The lowest BCUT2D eigenvalue weighted by atomic mass is 9.98. The predicted octanol–water partition coefficient (Wildman–Crippen LogP) is 2.27. The Balaban J connectivity index is 1.48. The van der Waals surface area contributed by atoms with E-state index < -0.39 is 0 Å². The number of carbonyl (C=O) groups excluding carboxylic acids is 1. The largest absolute Gasteiger partial charge is 0.317 e. The summed E-state index contributed by atoms with van der Waals surface area (Å²) in [6.45, 7) is 5.89. The minimum atomic E-state index is -0.115. The van der Waals surface area contributed by atoms with E-state index in [2.05, 4.69) is 25.8 Å². The highest BCUT2D eigenvalue weighted by atomic mass is 16.1. The summed E-state index contributed by atoms with van der Waals surface area (Å²) >= 11 is 0. The fourth-order valence-electron chi connectivity index (χ4n) is 3.85. The van der Waals surface area contributed by atoms with E-state index in [1.165, 1.54) is 0 Å². The number of nitrogens with zero attached hydrogens (tertiary/aromatic N) is 5. The number of aromatic nitrogens is 5. The zero-order valence-corrected chi connectivity index (χ0v) is 17.1. The molecule has 0 saturated carbocycles. The molecule has 152 valence electrons. The van der Waals surface area contributed by atoms with Crippen LogP contribution in [0.1, 0.15) is 41.5 Å². The molecule has 3 heterocycles. The van der Waals surface area contributed by atoms with Gasteiger partial charge in [-0.2, -0.15) is 15.2 Å². The summed E-state index contributed by atoms with van der Waals surface area (Å²) in [5.41, 5.74) is 3.75. The van der Waals surface area contributed by atoms with Gasteiger partial charge in [0.1, 0.15) is 0 Å². The number of hydrogen-bond donors (Lipinski definition) is 2. The van der Waals surface area contributed by atoms with E-state index in [9.17, 15) is 4.79 Å². The van der Waals surface area contributed by atoms with E-state index in [1.54, 1.807) is 4.68 Å². The third-order valence-electron chi connectivity index (χ3n) is 5.51. The van der Waals surface area contributed by atoms with Gasteiger partial charge in [-0.1, -0.05) is 18.2 Å². The van der Waals surface area contributed by atoms with Gasteiger partial charge in [0.05, 0.1) is 17.8 Å². The van der Waals surface area contributed by atoms with Crippen LogP contribution in [0.4, 0.5) is 5.95 Å². The van der Waals surface area contributed by atoms with Gasteiger partial charge in [-0.3, -0.25) is 10.1 Å². The van der Waals surface area contributed by atoms with Crippen LogP contribution in [-0.2, 0) is 18.3 Å². The van der Waals surface area contributed by atoms with Gasteiger partial charge in [0.25, 0.3) is 0 Å². The molecular weight excluding hydrogens is 366 g/mol. The summed E-state index contributed by atoms with van der Waals surface area (Å²) in [5, 5.41) is 15.4. The molecule has 4 rings (SSSR count). The Hall–Kier alpha value is -3.00. The lowest BCUT2D eigenvalue weighted by Gasteiger charge is -2.19. The van der Waals surface area contributed by atoms with E-state index in [-0.39, 0.29) is 12.3 Å². The van der Waals surface area contributed by atoms with Crippen molar-refractivity contribution in [3.05, 3.63) is 53.1 Å². The summed E-state index contributed by atoms with van der Waals surface area (Å²) < 4.78 is 3.54. The van der Waals surface area contributed by atoms with Gasteiger partial charge in [-0.05, 0) is 51.9 Å².